The molecular weight excluding hydrogens is 525 g/mol. The van der Waals surface area contributed by atoms with E-state index in [0.717, 1.165) is 18.4 Å². The molecule has 39 heavy (non-hydrogen) atoms. The number of dihydropyridines is 1. The van der Waals surface area contributed by atoms with Gasteiger partial charge in [-0.25, -0.2) is 9.18 Å². The predicted octanol–water partition coefficient (Wildman–Crippen LogP) is 5.67. The van der Waals surface area contributed by atoms with E-state index in [2.05, 4.69) is 5.32 Å². The maximum Gasteiger partial charge on any atom is 0.336 e. The van der Waals surface area contributed by atoms with Crippen LogP contribution in [-0.2, 0) is 19.1 Å². The fraction of sp³-hybridized carbons (Fsp3) is 0.400. The van der Waals surface area contributed by atoms with Crippen molar-refractivity contribution in [3.05, 3.63) is 80.9 Å². The second-order valence-electron chi connectivity index (χ2n) is 10.1. The lowest BCUT2D eigenvalue weighted by molar-refractivity contribution is -0.142. The number of phenols is 1. The molecule has 0 aromatic heterocycles. The van der Waals surface area contributed by atoms with Crippen molar-refractivity contribution in [1.82, 2.24) is 5.32 Å². The number of carbonyl (C=O) groups is 2. The number of hydrogen-bond donors (Lipinski definition) is 2. The molecule has 2 aliphatic heterocycles. The quantitative estimate of drug-likeness (QED) is 0.425. The van der Waals surface area contributed by atoms with Crippen molar-refractivity contribution in [3.63, 3.8) is 0 Å². The molecule has 0 radical (unpaired) electrons. The Morgan fingerprint density at radius 2 is 1.97 bits per heavy atom. The fourth-order valence-electron chi connectivity index (χ4n) is 5.66. The number of benzene rings is 2. The molecule has 2 N–H and O–H groups in total. The normalized spacial score (nSPS) is 23.0. The van der Waals surface area contributed by atoms with Gasteiger partial charge in [-0.05, 0) is 74.4 Å². The van der Waals surface area contributed by atoms with E-state index >= 15 is 0 Å². The van der Waals surface area contributed by atoms with Crippen LogP contribution in [0.4, 0.5) is 4.39 Å². The first-order chi connectivity index (χ1) is 18.8. The Bertz CT molecular complexity index is 1350. The molecule has 0 spiro atoms. The number of rotatable bonds is 7. The van der Waals surface area contributed by atoms with Crippen LogP contribution in [0.15, 0.2) is 58.9 Å². The number of aromatic hydroxyl groups is 1. The highest BCUT2D eigenvalue weighted by molar-refractivity contribution is 6.32. The van der Waals surface area contributed by atoms with Crippen molar-refractivity contribution in [2.24, 2.45) is 0 Å². The van der Waals surface area contributed by atoms with Crippen molar-refractivity contribution in [1.29, 1.82) is 0 Å². The molecule has 2 aromatic rings. The Kier molecular flexibility index (Phi) is 7.96. The topological polar surface area (TPSA) is 94.1 Å². The molecule has 1 saturated heterocycles. The number of Topliss-reactive ketones (excluding diaryl/α,β-unsaturated/α-hetero) is 1. The summed E-state index contributed by atoms with van der Waals surface area (Å²) in [6, 6.07) is 9.35. The van der Waals surface area contributed by atoms with Gasteiger partial charge in [-0.3, -0.25) is 4.79 Å². The molecule has 2 heterocycles. The molecule has 0 bridgehead atoms. The molecule has 7 nitrogen and oxygen atoms in total. The third kappa shape index (κ3) is 5.54. The molecule has 206 valence electrons. The van der Waals surface area contributed by atoms with E-state index in [1.165, 1.54) is 12.1 Å². The smallest absolute Gasteiger partial charge is 0.336 e. The average Bonchev–Trinajstić information content (AvgIpc) is 3.43. The Labute approximate surface area is 231 Å². The first-order valence-electron chi connectivity index (χ1n) is 13.2. The zero-order valence-electron chi connectivity index (χ0n) is 21.9. The Hall–Kier alpha value is -3.36. The van der Waals surface area contributed by atoms with Crippen LogP contribution in [0.2, 0.25) is 5.02 Å². The lowest BCUT2D eigenvalue weighted by Gasteiger charge is -2.37. The molecule has 5 rings (SSSR count). The van der Waals surface area contributed by atoms with Gasteiger partial charge in [0.15, 0.2) is 17.3 Å². The van der Waals surface area contributed by atoms with E-state index in [0.29, 0.717) is 41.1 Å². The zero-order chi connectivity index (χ0) is 27.7. The van der Waals surface area contributed by atoms with Crippen LogP contribution in [0.3, 0.4) is 0 Å². The first kappa shape index (κ1) is 27.2. The highest BCUT2D eigenvalue weighted by Gasteiger charge is 2.42. The summed E-state index contributed by atoms with van der Waals surface area (Å²) in [5.41, 5.74) is 3.40. The number of allylic oxidation sites excluding steroid dienone is 3. The van der Waals surface area contributed by atoms with Crippen LogP contribution in [0, 0.1) is 5.82 Å². The molecule has 1 aliphatic carbocycles. The Balaban J connectivity index is 1.56. The summed E-state index contributed by atoms with van der Waals surface area (Å²) >= 11 is 6.39. The number of esters is 1. The second kappa shape index (κ2) is 11.4. The van der Waals surface area contributed by atoms with Gasteiger partial charge in [0.05, 0.1) is 23.3 Å². The number of carbonyl (C=O) groups excluding carboxylic acids is 2. The summed E-state index contributed by atoms with van der Waals surface area (Å²) < 4.78 is 30.4. The maximum atomic E-state index is 13.8. The van der Waals surface area contributed by atoms with Crippen molar-refractivity contribution >= 4 is 23.4 Å². The van der Waals surface area contributed by atoms with E-state index < -0.39 is 11.9 Å². The molecule has 1 fully saturated rings. The van der Waals surface area contributed by atoms with Crippen LogP contribution in [-0.4, -0.2) is 42.8 Å². The summed E-state index contributed by atoms with van der Waals surface area (Å²) in [4.78, 5) is 27.3. The van der Waals surface area contributed by atoms with E-state index in [1.54, 1.807) is 38.1 Å². The number of nitrogens with one attached hydrogen (secondary N) is 1. The lowest BCUT2D eigenvalue weighted by atomic mass is 9.71. The molecule has 9 heteroatoms. The molecule has 2 aromatic carbocycles. The van der Waals surface area contributed by atoms with E-state index in [9.17, 15) is 19.1 Å². The van der Waals surface area contributed by atoms with Crippen LogP contribution >= 0.6 is 11.6 Å². The monoisotopic (exact) mass is 555 g/mol. The Morgan fingerprint density at radius 1 is 1.21 bits per heavy atom. The van der Waals surface area contributed by atoms with Crippen LogP contribution < -0.4 is 10.1 Å². The van der Waals surface area contributed by atoms with Crippen molar-refractivity contribution in [2.75, 3.05) is 19.8 Å². The van der Waals surface area contributed by atoms with Gasteiger partial charge < -0.3 is 24.6 Å². The maximum absolute atomic E-state index is 13.8. The average molecular weight is 556 g/mol. The first-order valence-corrected chi connectivity index (χ1v) is 13.6. The highest BCUT2D eigenvalue weighted by Crippen LogP contribution is 2.48. The number of halogens is 2. The number of ketones is 1. The molecule has 0 unspecified atom stereocenters. The summed E-state index contributed by atoms with van der Waals surface area (Å²) in [5, 5.41) is 13.8. The van der Waals surface area contributed by atoms with Gasteiger partial charge in [0.2, 0.25) is 0 Å². The van der Waals surface area contributed by atoms with Crippen molar-refractivity contribution in [3.8, 4) is 11.5 Å². The third-order valence-corrected chi connectivity index (χ3v) is 7.79. The third-order valence-electron chi connectivity index (χ3n) is 7.50. The second-order valence-corrected chi connectivity index (χ2v) is 10.5. The van der Waals surface area contributed by atoms with Gasteiger partial charge in [0.25, 0.3) is 0 Å². The van der Waals surface area contributed by atoms with Gasteiger partial charge in [0, 0.05) is 35.9 Å². The predicted molar refractivity (Wildman–Crippen MR) is 143 cm³/mol. The van der Waals surface area contributed by atoms with E-state index in [4.69, 9.17) is 25.8 Å². The SMILES string of the molecule is CCOc1cc([C@@H]2C(C(=O)OC[C@H]3CCCO3)=C(C)NC3=C2C(=O)C[C@@H](c2ccc(F)cc2)C3)cc(Cl)c1O. The standard InChI is InChI=1S/C30H31ClFNO6/c1-3-37-25-14-19(11-22(31)29(25)35)27-26(30(36)39-15-21-5-4-10-38-21)16(2)33-23-12-18(13-24(34)28(23)27)17-6-8-20(32)9-7-17/h6-9,11,14,18,21,27,33,35H,3-5,10,12-13,15H2,1-2H3/t18-,21+,27+/m0/s1. The van der Waals surface area contributed by atoms with Crippen molar-refractivity contribution in [2.45, 2.75) is 57.5 Å². The Morgan fingerprint density at radius 3 is 2.67 bits per heavy atom. The minimum atomic E-state index is -0.780. The van der Waals surface area contributed by atoms with Gasteiger partial charge in [-0.2, -0.15) is 0 Å². The number of ether oxygens (including phenoxy) is 3. The van der Waals surface area contributed by atoms with Gasteiger partial charge in [-0.1, -0.05) is 23.7 Å². The molecule has 0 amide bonds. The van der Waals surface area contributed by atoms with Crippen LogP contribution in [0.1, 0.15) is 62.5 Å². The van der Waals surface area contributed by atoms with Crippen LogP contribution in [0.25, 0.3) is 0 Å². The van der Waals surface area contributed by atoms with Crippen LogP contribution in [0.5, 0.6) is 11.5 Å². The molecular formula is C30H31ClFNO6. The lowest BCUT2D eigenvalue weighted by Crippen LogP contribution is -2.36. The highest BCUT2D eigenvalue weighted by atomic mass is 35.5. The summed E-state index contributed by atoms with van der Waals surface area (Å²) in [7, 11) is 0. The van der Waals surface area contributed by atoms with Crippen molar-refractivity contribution < 1.29 is 33.3 Å². The number of hydrogen-bond acceptors (Lipinski definition) is 7. The largest absolute Gasteiger partial charge is 0.503 e. The molecule has 0 saturated carbocycles. The molecule has 3 aliphatic rings. The minimum absolute atomic E-state index is 0.0498. The zero-order valence-corrected chi connectivity index (χ0v) is 22.6. The summed E-state index contributed by atoms with van der Waals surface area (Å²) in [6.07, 6.45) is 2.28. The van der Waals surface area contributed by atoms with Gasteiger partial charge in [-0.15, -0.1) is 0 Å². The fourth-order valence-corrected chi connectivity index (χ4v) is 5.88. The van der Waals surface area contributed by atoms with Gasteiger partial charge in [0.1, 0.15) is 12.4 Å². The summed E-state index contributed by atoms with van der Waals surface area (Å²) in [6.45, 7) is 4.60. The number of phenolic OH excluding ortho intramolecular Hbond substituents is 1. The molecule has 3 atom stereocenters. The minimum Gasteiger partial charge on any atom is -0.503 e. The van der Waals surface area contributed by atoms with Gasteiger partial charge >= 0.3 is 5.97 Å². The summed E-state index contributed by atoms with van der Waals surface area (Å²) in [5.74, 6) is -2.00. The van der Waals surface area contributed by atoms with E-state index in [1.807, 2.05) is 0 Å². The van der Waals surface area contributed by atoms with E-state index in [-0.39, 0.29) is 59.8 Å².